The minimum atomic E-state index is -0.581. The highest BCUT2D eigenvalue weighted by Gasteiger charge is 2.31. The van der Waals surface area contributed by atoms with Crippen LogP contribution in [0.2, 0.25) is 5.02 Å². The number of carbonyl (C=O) groups is 1. The van der Waals surface area contributed by atoms with Gasteiger partial charge in [0, 0.05) is 42.7 Å². The molecule has 2 heterocycles. The summed E-state index contributed by atoms with van der Waals surface area (Å²) in [5.41, 5.74) is 1.66. The van der Waals surface area contributed by atoms with E-state index >= 15 is 4.39 Å². The summed E-state index contributed by atoms with van der Waals surface area (Å²) in [4.78, 5) is 22.4. The quantitative estimate of drug-likeness (QED) is 0.435. The summed E-state index contributed by atoms with van der Waals surface area (Å²) in [6.45, 7) is 3.84. The van der Waals surface area contributed by atoms with Crippen LogP contribution in [0.25, 0.3) is 16.6 Å². The number of amides is 1. The van der Waals surface area contributed by atoms with Crippen LogP contribution >= 0.6 is 11.6 Å². The van der Waals surface area contributed by atoms with E-state index in [-0.39, 0.29) is 23.0 Å². The Kier molecular flexibility index (Phi) is 6.24. The van der Waals surface area contributed by atoms with Gasteiger partial charge in [-0.05, 0) is 26.0 Å². The summed E-state index contributed by atoms with van der Waals surface area (Å²) < 4.78 is 15.6. The summed E-state index contributed by atoms with van der Waals surface area (Å²) >= 11 is 6.55. The second-order valence-electron chi connectivity index (χ2n) is 7.70. The van der Waals surface area contributed by atoms with E-state index in [0.717, 1.165) is 6.42 Å². The molecule has 2 atom stereocenters. The first kappa shape index (κ1) is 22.0. The molecular weight excluding hydrogens is 437 g/mol. The molecule has 1 aliphatic carbocycles. The zero-order chi connectivity index (χ0) is 22.8. The lowest BCUT2D eigenvalue weighted by Crippen LogP contribution is -2.31. The van der Waals surface area contributed by atoms with Crippen molar-refractivity contribution >= 4 is 53.2 Å². The first-order chi connectivity index (χ1) is 15.4. The van der Waals surface area contributed by atoms with Gasteiger partial charge in [-0.3, -0.25) is 14.9 Å². The smallest absolute Gasteiger partial charge is 0.212 e. The fourth-order valence-electron chi connectivity index (χ4n) is 4.19. The van der Waals surface area contributed by atoms with Gasteiger partial charge in [0.1, 0.15) is 11.5 Å². The standard InChI is InChI=1S/C21H23ClFN7O2/c1-24-16(26-11-31)10-30-6-5-25-15(9-30)17-14-8-27-28-20(14)21(19(23)18(17)22)29(2)12-3-4-13(32)7-12/h5,8-13,32H,1,3-4,6-7H2,2H3,(H,26,31)(H,27,28)/b16-10+. The van der Waals surface area contributed by atoms with Gasteiger partial charge in [0.25, 0.3) is 0 Å². The number of aliphatic hydroxyl groups is 1. The highest BCUT2D eigenvalue weighted by Crippen LogP contribution is 2.42. The number of aromatic nitrogens is 2. The molecule has 1 aromatic heterocycles. The second kappa shape index (κ2) is 9.09. The highest BCUT2D eigenvalue weighted by molar-refractivity contribution is 6.34. The van der Waals surface area contributed by atoms with E-state index in [1.54, 1.807) is 36.8 Å². The van der Waals surface area contributed by atoms with Crippen molar-refractivity contribution in [1.29, 1.82) is 0 Å². The van der Waals surface area contributed by atoms with Gasteiger partial charge in [0.2, 0.25) is 6.41 Å². The van der Waals surface area contributed by atoms with E-state index in [1.165, 1.54) is 0 Å². The molecule has 32 heavy (non-hydrogen) atoms. The zero-order valence-corrected chi connectivity index (χ0v) is 18.2. The Hall–Kier alpha value is -3.24. The van der Waals surface area contributed by atoms with Crippen molar-refractivity contribution < 1.29 is 14.3 Å². The molecule has 1 fully saturated rings. The van der Waals surface area contributed by atoms with Crippen LogP contribution in [0.15, 0.2) is 34.4 Å². The lowest BCUT2D eigenvalue weighted by atomic mass is 10.0. The van der Waals surface area contributed by atoms with Crippen LogP contribution in [0.5, 0.6) is 0 Å². The van der Waals surface area contributed by atoms with E-state index in [9.17, 15) is 9.90 Å². The topological polar surface area (TPSA) is 109 Å². The Morgan fingerprint density at radius 1 is 1.53 bits per heavy atom. The molecule has 2 unspecified atom stereocenters. The summed E-state index contributed by atoms with van der Waals surface area (Å²) in [6, 6.07) is -0.00407. The molecule has 1 amide bonds. The van der Waals surface area contributed by atoms with Crippen LogP contribution in [-0.2, 0) is 4.79 Å². The lowest BCUT2D eigenvalue weighted by molar-refractivity contribution is -0.108. The number of nitrogens with zero attached hydrogens (tertiary/aromatic N) is 5. The average Bonchev–Trinajstić information content (AvgIpc) is 3.43. The maximum Gasteiger partial charge on any atom is 0.212 e. The Bertz CT molecular complexity index is 1140. The largest absolute Gasteiger partial charge is 0.393 e. The minimum Gasteiger partial charge on any atom is -0.393 e. The number of aliphatic hydroxyl groups excluding tert-OH is 1. The molecule has 168 valence electrons. The van der Waals surface area contributed by atoms with E-state index in [1.807, 2.05) is 4.90 Å². The van der Waals surface area contributed by atoms with Crippen LogP contribution in [0.4, 0.5) is 10.1 Å². The summed E-state index contributed by atoms with van der Waals surface area (Å²) in [5.74, 6) is -0.325. The molecule has 0 radical (unpaired) electrons. The number of fused-ring (bicyclic) bond motifs is 1. The SMILES string of the molecule is C=N/C(=C\N1C=C(c2c(Cl)c(F)c(N(C)C3CCC(O)C3)c3[nH]ncc23)N=CC1)NC=O. The number of anilines is 1. The molecule has 0 saturated heterocycles. The molecule has 1 saturated carbocycles. The highest BCUT2D eigenvalue weighted by atomic mass is 35.5. The number of nitrogens with one attached hydrogen (secondary N) is 2. The number of aliphatic imine (C=N–C) groups is 2. The lowest BCUT2D eigenvalue weighted by Gasteiger charge is -2.28. The van der Waals surface area contributed by atoms with E-state index in [4.69, 9.17) is 11.6 Å². The first-order valence-corrected chi connectivity index (χ1v) is 10.5. The van der Waals surface area contributed by atoms with Crippen LogP contribution in [0, 0.1) is 5.82 Å². The van der Waals surface area contributed by atoms with Gasteiger partial charge in [0.05, 0.1) is 35.1 Å². The predicted octanol–water partition coefficient (Wildman–Crippen LogP) is 2.64. The van der Waals surface area contributed by atoms with Crippen LogP contribution < -0.4 is 10.2 Å². The maximum absolute atomic E-state index is 15.6. The van der Waals surface area contributed by atoms with Crippen LogP contribution in [-0.4, -0.2) is 65.3 Å². The van der Waals surface area contributed by atoms with Crippen LogP contribution in [0.3, 0.4) is 0 Å². The third-order valence-corrected chi connectivity index (χ3v) is 6.13. The number of aromatic amines is 1. The normalized spacial score (nSPS) is 21.1. The number of hydrogen-bond acceptors (Lipinski definition) is 7. The van der Waals surface area contributed by atoms with E-state index < -0.39 is 5.82 Å². The van der Waals surface area contributed by atoms with Gasteiger partial charge in [-0.2, -0.15) is 5.10 Å². The first-order valence-electron chi connectivity index (χ1n) is 10.1. The molecular formula is C21H23ClFN7O2. The number of halogens is 2. The van der Waals surface area contributed by atoms with Gasteiger partial charge < -0.3 is 20.2 Å². The second-order valence-corrected chi connectivity index (χ2v) is 8.08. The number of carbonyl (C=O) groups excluding carboxylic acids is 1. The van der Waals surface area contributed by atoms with Gasteiger partial charge in [-0.15, -0.1) is 0 Å². The van der Waals surface area contributed by atoms with Crippen molar-refractivity contribution in [2.45, 2.75) is 31.4 Å². The Morgan fingerprint density at radius 3 is 3.03 bits per heavy atom. The van der Waals surface area contributed by atoms with Crippen molar-refractivity contribution in [2.75, 3.05) is 18.5 Å². The van der Waals surface area contributed by atoms with Gasteiger partial charge in [-0.1, -0.05) is 11.6 Å². The van der Waals surface area contributed by atoms with Crippen molar-refractivity contribution in [2.24, 2.45) is 9.98 Å². The summed E-state index contributed by atoms with van der Waals surface area (Å²) in [6.07, 6.45) is 8.62. The van der Waals surface area contributed by atoms with Gasteiger partial charge in [0.15, 0.2) is 5.82 Å². The molecule has 1 aromatic carbocycles. The molecule has 2 aliphatic rings. The minimum absolute atomic E-state index is 0.00407. The monoisotopic (exact) mass is 459 g/mol. The number of hydrogen-bond donors (Lipinski definition) is 3. The Labute approximate surface area is 189 Å². The van der Waals surface area contributed by atoms with Crippen LogP contribution in [0.1, 0.15) is 24.8 Å². The molecule has 3 N–H and O–H groups in total. The molecule has 11 heteroatoms. The fraction of sp³-hybridized carbons (Fsp3) is 0.333. The molecule has 1 aliphatic heterocycles. The average molecular weight is 460 g/mol. The van der Waals surface area contributed by atoms with E-state index in [2.05, 4.69) is 32.2 Å². The number of rotatable bonds is 7. The summed E-state index contributed by atoms with van der Waals surface area (Å²) in [5, 5.41) is 19.9. The maximum atomic E-state index is 15.6. The molecule has 4 rings (SSSR count). The van der Waals surface area contributed by atoms with Crippen molar-refractivity contribution in [3.63, 3.8) is 0 Å². The molecule has 0 spiro atoms. The Balaban J connectivity index is 1.78. The molecule has 0 bridgehead atoms. The van der Waals surface area contributed by atoms with Crippen molar-refractivity contribution in [3.05, 3.63) is 40.8 Å². The van der Waals surface area contributed by atoms with Crippen molar-refractivity contribution in [3.8, 4) is 0 Å². The van der Waals surface area contributed by atoms with Gasteiger partial charge in [-0.25, -0.2) is 9.38 Å². The summed E-state index contributed by atoms with van der Waals surface area (Å²) in [7, 11) is 1.80. The van der Waals surface area contributed by atoms with Gasteiger partial charge >= 0.3 is 0 Å². The molecule has 2 aromatic rings. The third-order valence-electron chi connectivity index (χ3n) is 5.78. The fourth-order valence-corrected chi connectivity index (χ4v) is 4.47. The molecule has 9 nitrogen and oxygen atoms in total. The predicted molar refractivity (Wildman–Crippen MR) is 123 cm³/mol. The van der Waals surface area contributed by atoms with E-state index in [0.29, 0.717) is 53.6 Å². The zero-order valence-electron chi connectivity index (χ0n) is 17.4. The number of benzene rings is 1. The van der Waals surface area contributed by atoms with Crippen molar-refractivity contribution in [1.82, 2.24) is 20.4 Å². The third kappa shape index (κ3) is 3.98. The number of H-pyrrole nitrogens is 1. The Morgan fingerprint density at radius 2 is 2.34 bits per heavy atom.